The van der Waals surface area contributed by atoms with Crippen LogP contribution in [0.1, 0.15) is 49.7 Å². The Bertz CT molecular complexity index is 748. The van der Waals surface area contributed by atoms with Crippen LogP contribution in [-0.2, 0) is 0 Å². The normalized spacial score (nSPS) is 34.9. The first-order chi connectivity index (χ1) is 12.4. The fourth-order valence-corrected chi connectivity index (χ4v) is 8.41. The van der Waals surface area contributed by atoms with E-state index in [1.807, 2.05) is 0 Å². The van der Waals surface area contributed by atoms with Crippen LogP contribution in [0.3, 0.4) is 0 Å². The van der Waals surface area contributed by atoms with Crippen LogP contribution >= 0.6 is 22.6 Å². The van der Waals surface area contributed by atoms with E-state index in [0.29, 0.717) is 8.96 Å². The number of hydrogen-bond acceptors (Lipinski definition) is 1. The number of rotatable bonds is 3. The van der Waals surface area contributed by atoms with E-state index < -0.39 is 0 Å². The predicted molar refractivity (Wildman–Crippen MR) is 119 cm³/mol. The lowest BCUT2D eigenvalue weighted by Crippen LogP contribution is -2.63. The molecule has 4 saturated carbocycles. The van der Waals surface area contributed by atoms with Gasteiger partial charge < -0.3 is 4.90 Å². The van der Waals surface area contributed by atoms with Crippen molar-refractivity contribution in [3.63, 3.8) is 0 Å². The van der Waals surface area contributed by atoms with E-state index in [-0.39, 0.29) is 0 Å². The molecule has 4 aliphatic carbocycles. The Morgan fingerprint density at radius 1 is 0.769 bits per heavy atom. The van der Waals surface area contributed by atoms with Crippen molar-refractivity contribution in [3.05, 3.63) is 59.7 Å². The Balaban J connectivity index is 1.64. The van der Waals surface area contributed by atoms with Crippen LogP contribution < -0.4 is 4.90 Å². The second kappa shape index (κ2) is 5.98. The summed E-state index contributed by atoms with van der Waals surface area (Å²) in [7, 11) is 0. The van der Waals surface area contributed by atoms with Crippen LogP contribution in [0.2, 0.25) is 0 Å². The van der Waals surface area contributed by atoms with Crippen LogP contribution in [0.15, 0.2) is 48.5 Å². The average Bonchev–Trinajstić information content (AvgIpc) is 2.56. The van der Waals surface area contributed by atoms with Gasteiger partial charge in [0.25, 0.3) is 0 Å². The summed E-state index contributed by atoms with van der Waals surface area (Å²) in [5, 5.41) is 0. The first-order valence-corrected chi connectivity index (χ1v) is 11.2. The van der Waals surface area contributed by atoms with Gasteiger partial charge >= 0.3 is 0 Å². The van der Waals surface area contributed by atoms with Gasteiger partial charge in [0.2, 0.25) is 0 Å². The van der Waals surface area contributed by atoms with Crippen molar-refractivity contribution in [1.82, 2.24) is 0 Å². The lowest BCUT2D eigenvalue weighted by atomic mass is 9.52. The molecule has 0 aliphatic heterocycles. The maximum atomic E-state index is 2.83. The summed E-state index contributed by atoms with van der Waals surface area (Å²) >= 11 is 2.83. The molecule has 0 saturated heterocycles. The fraction of sp³-hybridized carbons (Fsp3) is 0.500. The van der Waals surface area contributed by atoms with Crippen molar-refractivity contribution >= 4 is 34.0 Å². The lowest BCUT2D eigenvalue weighted by Gasteiger charge is -2.64. The number of nitrogens with zero attached hydrogens (tertiary/aromatic N) is 1. The summed E-state index contributed by atoms with van der Waals surface area (Å²) in [6.45, 7) is 4.37. The number of aryl methyl sites for hydroxylation is 2. The number of anilines is 2. The SMILES string of the molecule is Cc1ccc(N(c2ccc(C)cc2)C23CC4CC(CC(I)(C4)C2)C3)cc1. The van der Waals surface area contributed by atoms with Gasteiger partial charge in [0.1, 0.15) is 0 Å². The highest BCUT2D eigenvalue weighted by Gasteiger charge is 2.59. The molecule has 26 heavy (non-hydrogen) atoms. The van der Waals surface area contributed by atoms with Crippen molar-refractivity contribution in [1.29, 1.82) is 0 Å². The number of alkyl halides is 1. The molecule has 0 amide bonds. The van der Waals surface area contributed by atoms with Gasteiger partial charge in [0.05, 0.1) is 0 Å². The zero-order chi connectivity index (χ0) is 17.9. The van der Waals surface area contributed by atoms with Gasteiger partial charge in [0, 0.05) is 20.3 Å². The Morgan fingerprint density at radius 3 is 1.65 bits per heavy atom. The first-order valence-electron chi connectivity index (χ1n) is 10.1. The van der Waals surface area contributed by atoms with E-state index in [0.717, 1.165) is 11.8 Å². The lowest BCUT2D eigenvalue weighted by molar-refractivity contribution is 0.0245. The Morgan fingerprint density at radius 2 is 1.23 bits per heavy atom. The summed E-state index contributed by atoms with van der Waals surface area (Å²) in [5.74, 6) is 1.85. The van der Waals surface area contributed by atoms with Crippen molar-refractivity contribution in [2.45, 2.75) is 61.3 Å². The molecule has 2 aromatic carbocycles. The minimum atomic E-state index is 0.301. The van der Waals surface area contributed by atoms with Gasteiger partial charge in [-0.25, -0.2) is 0 Å². The number of halogens is 1. The molecule has 1 nitrogen and oxygen atoms in total. The van der Waals surface area contributed by atoms with Crippen molar-refractivity contribution < 1.29 is 0 Å². The first kappa shape index (κ1) is 17.1. The van der Waals surface area contributed by atoms with Crippen LogP contribution in [0.25, 0.3) is 0 Å². The largest absolute Gasteiger partial charge is 0.335 e. The van der Waals surface area contributed by atoms with E-state index in [4.69, 9.17) is 0 Å². The molecule has 2 unspecified atom stereocenters. The molecule has 2 aromatic rings. The molecule has 0 heterocycles. The molecule has 4 aliphatic rings. The highest BCUT2D eigenvalue weighted by molar-refractivity contribution is 14.1. The summed E-state index contributed by atoms with van der Waals surface area (Å²) in [5.41, 5.74) is 5.74. The van der Waals surface area contributed by atoms with Gasteiger partial charge in [-0.3, -0.25) is 0 Å². The van der Waals surface area contributed by atoms with Crippen molar-refractivity contribution in [2.75, 3.05) is 4.90 Å². The third-order valence-corrected chi connectivity index (χ3v) is 8.28. The minimum Gasteiger partial charge on any atom is -0.335 e. The summed E-state index contributed by atoms with van der Waals surface area (Å²) in [4.78, 5) is 2.73. The molecule has 0 aromatic heterocycles. The van der Waals surface area contributed by atoms with Crippen molar-refractivity contribution in [3.8, 4) is 0 Å². The van der Waals surface area contributed by atoms with Gasteiger partial charge in [-0.1, -0.05) is 58.0 Å². The van der Waals surface area contributed by atoms with Crippen molar-refractivity contribution in [2.24, 2.45) is 11.8 Å². The number of benzene rings is 2. The highest BCUT2D eigenvalue weighted by atomic mass is 127. The molecule has 0 spiro atoms. The molecule has 6 rings (SSSR count). The molecular weight excluding hydrogens is 429 g/mol. The van der Waals surface area contributed by atoms with E-state index in [1.54, 1.807) is 0 Å². The third-order valence-electron chi connectivity index (χ3n) is 7.02. The molecule has 0 N–H and O–H groups in total. The van der Waals surface area contributed by atoms with E-state index >= 15 is 0 Å². The standard InChI is InChI=1S/C24H28IN/c1-17-3-7-21(8-4-17)26(22-9-5-18(2)6-10-22)24-14-19-11-20(15-24)13-23(25,12-19)16-24/h3-10,19-20H,11-16H2,1-2H3. The monoisotopic (exact) mass is 457 g/mol. The van der Waals surface area contributed by atoms with E-state index in [9.17, 15) is 0 Å². The van der Waals surface area contributed by atoms with Gasteiger partial charge in [-0.15, -0.1) is 0 Å². The fourth-order valence-electron chi connectivity index (χ4n) is 6.45. The maximum absolute atomic E-state index is 2.83. The van der Waals surface area contributed by atoms with Crippen LogP contribution in [0.5, 0.6) is 0 Å². The van der Waals surface area contributed by atoms with E-state index in [2.05, 4.69) is 89.9 Å². The predicted octanol–water partition coefficient (Wildman–Crippen LogP) is 6.97. The number of hydrogen-bond donors (Lipinski definition) is 0. The molecule has 2 atom stereocenters. The van der Waals surface area contributed by atoms with Crippen LogP contribution in [-0.4, -0.2) is 8.96 Å². The topological polar surface area (TPSA) is 3.24 Å². The Hall–Kier alpha value is -1.03. The smallest absolute Gasteiger partial charge is 0.0469 e. The Labute approximate surface area is 171 Å². The highest BCUT2D eigenvalue weighted by Crippen LogP contribution is 2.64. The van der Waals surface area contributed by atoms with Crippen LogP contribution in [0, 0.1) is 25.7 Å². The van der Waals surface area contributed by atoms with Gasteiger partial charge in [-0.2, -0.15) is 0 Å². The zero-order valence-corrected chi connectivity index (χ0v) is 18.0. The quantitative estimate of drug-likeness (QED) is 0.356. The molecular formula is C24H28IN. The van der Waals surface area contributed by atoms with Gasteiger partial charge in [0.15, 0.2) is 0 Å². The van der Waals surface area contributed by atoms with Crippen LogP contribution in [0.4, 0.5) is 11.4 Å². The third kappa shape index (κ3) is 2.80. The average molecular weight is 457 g/mol. The molecule has 2 heteroatoms. The molecule has 0 radical (unpaired) electrons. The molecule has 4 fully saturated rings. The minimum absolute atomic E-state index is 0.301. The Kier molecular flexibility index (Phi) is 3.93. The maximum Gasteiger partial charge on any atom is 0.0469 e. The zero-order valence-electron chi connectivity index (χ0n) is 15.8. The second-order valence-electron chi connectivity index (χ2n) is 9.34. The summed E-state index contributed by atoms with van der Waals surface area (Å²) in [6, 6.07) is 18.5. The summed E-state index contributed by atoms with van der Waals surface area (Å²) < 4.78 is 0.523. The second-order valence-corrected chi connectivity index (χ2v) is 11.6. The summed E-state index contributed by atoms with van der Waals surface area (Å²) in [6.07, 6.45) is 8.45. The van der Waals surface area contributed by atoms with Gasteiger partial charge in [-0.05, 0) is 88.5 Å². The van der Waals surface area contributed by atoms with E-state index in [1.165, 1.54) is 61.0 Å². The molecule has 4 bridgehead atoms. The molecule has 136 valence electrons.